The van der Waals surface area contributed by atoms with Gasteiger partial charge < -0.3 is 19.9 Å². The lowest BCUT2D eigenvalue weighted by atomic mass is 10.2. The van der Waals surface area contributed by atoms with Gasteiger partial charge in [-0.2, -0.15) is 0 Å². The molecule has 132 valence electrons. The zero-order valence-electron chi connectivity index (χ0n) is 14.7. The molecule has 0 radical (unpaired) electrons. The maximum atomic E-state index is 12.7. The number of benzene rings is 1. The van der Waals surface area contributed by atoms with Gasteiger partial charge in [-0.25, -0.2) is 4.98 Å². The van der Waals surface area contributed by atoms with Crippen LogP contribution in [-0.2, 0) is 0 Å². The number of piperazine rings is 1. The summed E-state index contributed by atoms with van der Waals surface area (Å²) in [6, 6.07) is 11.4. The number of ether oxygens (including phenoxy) is 1. The van der Waals surface area contributed by atoms with Gasteiger partial charge >= 0.3 is 0 Å². The highest BCUT2D eigenvalue weighted by atomic mass is 16.5. The number of carbonyl (C=O) groups is 1. The summed E-state index contributed by atoms with van der Waals surface area (Å²) in [5.41, 5.74) is 2.29. The number of hydrogen-bond acceptors (Lipinski definition) is 5. The summed E-state index contributed by atoms with van der Waals surface area (Å²) in [7, 11) is 1.51. The molecule has 6 nitrogen and oxygen atoms in total. The van der Waals surface area contributed by atoms with E-state index in [9.17, 15) is 4.79 Å². The fraction of sp³-hybridized carbons (Fsp3) is 0.368. The van der Waals surface area contributed by atoms with Crippen molar-refractivity contribution < 1.29 is 9.53 Å². The van der Waals surface area contributed by atoms with E-state index in [-0.39, 0.29) is 5.91 Å². The lowest BCUT2D eigenvalue weighted by Crippen LogP contribution is -2.46. The number of nitrogens with zero attached hydrogens (tertiary/aromatic N) is 3. The molecule has 2 aromatic rings. The van der Waals surface area contributed by atoms with Crippen molar-refractivity contribution in [2.24, 2.45) is 0 Å². The van der Waals surface area contributed by atoms with Crippen LogP contribution in [0, 0.1) is 0 Å². The first kappa shape index (κ1) is 17.2. The average Bonchev–Trinajstić information content (AvgIpc) is 2.68. The molecule has 1 amide bonds. The average molecular weight is 340 g/mol. The zero-order chi connectivity index (χ0) is 17.6. The first-order chi connectivity index (χ1) is 12.2. The number of pyridine rings is 1. The molecule has 0 saturated carbocycles. The number of rotatable bonds is 5. The van der Waals surface area contributed by atoms with Crippen molar-refractivity contribution in [1.29, 1.82) is 0 Å². The Balaban J connectivity index is 1.78. The number of methoxy groups -OCH3 is 1. The molecule has 25 heavy (non-hydrogen) atoms. The molecule has 2 heterocycles. The van der Waals surface area contributed by atoms with Crippen LogP contribution >= 0.6 is 0 Å². The quantitative estimate of drug-likeness (QED) is 0.906. The van der Waals surface area contributed by atoms with Gasteiger partial charge in [0.15, 0.2) is 0 Å². The summed E-state index contributed by atoms with van der Waals surface area (Å²) in [6.45, 7) is 7.25. The molecule has 3 rings (SSSR count). The van der Waals surface area contributed by atoms with Gasteiger partial charge in [0.1, 0.15) is 5.56 Å². The fourth-order valence-corrected chi connectivity index (χ4v) is 3.08. The Kier molecular flexibility index (Phi) is 5.50. The molecule has 0 aliphatic carbocycles. The van der Waals surface area contributed by atoms with Crippen LogP contribution in [0.5, 0.6) is 5.88 Å². The molecule has 1 aliphatic rings. The second-order valence-corrected chi connectivity index (χ2v) is 5.95. The van der Waals surface area contributed by atoms with Crippen LogP contribution in [0.3, 0.4) is 0 Å². The van der Waals surface area contributed by atoms with Gasteiger partial charge in [-0.05, 0) is 30.8 Å². The number of likely N-dealkylation sites (N-methyl/N-ethyl adjacent to an activating group) is 1. The zero-order valence-corrected chi connectivity index (χ0v) is 14.7. The first-order valence-corrected chi connectivity index (χ1v) is 8.59. The standard InChI is InChI=1S/C19H24N4O2/c1-3-22-11-13-23(14-12-22)17-9-5-4-8-16(17)21-18(24)15-7-6-10-20-19(15)25-2/h4-10H,3,11-14H2,1-2H3,(H,21,24). The first-order valence-electron chi connectivity index (χ1n) is 8.59. The van der Waals surface area contributed by atoms with Gasteiger partial charge in [0, 0.05) is 32.4 Å². The maximum Gasteiger partial charge on any atom is 0.261 e. The van der Waals surface area contributed by atoms with Crippen molar-refractivity contribution in [1.82, 2.24) is 9.88 Å². The molecule has 0 spiro atoms. The van der Waals surface area contributed by atoms with Crippen LogP contribution < -0.4 is 15.0 Å². The number of carbonyl (C=O) groups excluding carboxylic acids is 1. The van der Waals surface area contributed by atoms with E-state index in [1.807, 2.05) is 18.2 Å². The summed E-state index contributed by atoms with van der Waals surface area (Å²) < 4.78 is 5.19. The highest BCUT2D eigenvalue weighted by molar-refractivity contribution is 6.07. The highest BCUT2D eigenvalue weighted by Crippen LogP contribution is 2.27. The van der Waals surface area contributed by atoms with Crippen LogP contribution in [0.25, 0.3) is 0 Å². The van der Waals surface area contributed by atoms with Crippen LogP contribution in [0.2, 0.25) is 0 Å². The molecule has 1 saturated heterocycles. The second kappa shape index (κ2) is 7.98. The normalized spacial score (nSPS) is 15.0. The topological polar surface area (TPSA) is 57.7 Å². The van der Waals surface area contributed by atoms with Crippen LogP contribution in [-0.4, -0.2) is 55.6 Å². The molecule has 0 unspecified atom stereocenters. The SMILES string of the molecule is CCN1CCN(c2ccccc2NC(=O)c2cccnc2OC)CC1. The summed E-state index contributed by atoms with van der Waals surface area (Å²) in [5.74, 6) is 0.110. The molecule has 1 aromatic carbocycles. The van der Waals surface area contributed by atoms with Crippen LogP contribution in [0.1, 0.15) is 17.3 Å². The van der Waals surface area contributed by atoms with Crippen molar-refractivity contribution >= 4 is 17.3 Å². The fourth-order valence-electron chi connectivity index (χ4n) is 3.08. The Hall–Kier alpha value is -2.60. The minimum atomic E-state index is -0.218. The van der Waals surface area contributed by atoms with E-state index in [1.165, 1.54) is 7.11 Å². The Morgan fingerprint density at radius 3 is 2.64 bits per heavy atom. The maximum absolute atomic E-state index is 12.7. The van der Waals surface area contributed by atoms with Gasteiger partial charge in [-0.3, -0.25) is 4.79 Å². The van der Waals surface area contributed by atoms with Crippen molar-refractivity contribution in [3.8, 4) is 5.88 Å². The van der Waals surface area contributed by atoms with Gasteiger partial charge in [-0.1, -0.05) is 19.1 Å². The molecule has 0 bridgehead atoms. The molecule has 0 atom stereocenters. The third-order valence-electron chi connectivity index (χ3n) is 4.52. The van der Waals surface area contributed by atoms with E-state index in [2.05, 4.69) is 33.1 Å². The molecule has 1 N–H and O–H groups in total. The van der Waals surface area contributed by atoms with Gasteiger partial charge in [0.2, 0.25) is 5.88 Å². The third kappa shape index (κ3) is 3.91. The predicted molar refractivity (Wildman–Crippen MR) is 99.5 cm³/mol. The minimum Gasteiger partial charge on any atom is -0.480 e. The Morgan fingerprint density at radius 2 is 1.92 bits per heavy atom. The molecule has 1 aromatic heterocycles. The number of para-hydroxylation sites is 2. The number of nitrogens with one attached hydrogen (secondary N) is 1. The number of amides is 1. The number of anilines is 2. The molecular formula is C19H24N4O2. The predicted octanol–water partition coefficient (Wildman–Crippen LogP) is 2.48. The third-order valence-corrected chi connectivity index (χ3v) is 4.52. The summed E-state index contributed by atoms with van der Waals surface area (Å²) in [6.07, 6.45) is 1.61. The minimum absolute atomic E-state index is 0.218. The summed E-state index contributed by atoms with van der Waals surface area (Å²) in [5, 5.41) is 3.01. The Labute approximate surface area is 148 Å². The van der Waals surface area contributed by atoms with E-state index in [4.69, 9.17) is 4.74 Å². The Morgan fingerprint density at radius 1 is 1.16 bits per heavy atom. The van der Waals surface area contributed by atoms with E-state index in [0.717, 1.165) is 44.1 Å². The van der Waals surface area contributed by atoms with Crippen LogP contribution in [0.4, 0.5) is 11.4 Å². The summed E-state index contributed by atoms with van der Waals surface area (Å²) in [4.78, 5) is 21.5. The lowest BCUT2D eigenvalue weighted by molar-refractivity contribution is 0.102. The second-order valence-electron chi connectivity index (χ2n) is 5.95. The lowest BCUT2D eigenvalue weighted by Gasteiger charge is -2.36. The van der Waals surface area contributed by atoms with E-state index >= 15 is 0 Å². The summed E-state index contributed by atoms with van der Waals surface area (Å²) >= 11 is 0. The van der Waals surface area contributed by atoms with Gasteiger partial charge in [0.25, 0.3) is 5.91 Å². The highest BCUT2D eigenvalue weighted by Gasteiger charge is 2.20. The Bertz CT molecular complexity index is 727. The number of aromatic nitrogens is 1. The van der Waals surface area contributed by atoms with Gasteiger partial charge in [0.05, 0.1) is 18.5 Å². The molecular weight excluding hydrogens is 316 g/mol. The van der Waals surface area contributed by atoms with Crippen LogP contribution in [0.15, 0.2) is 42.6 Å². The molecule has 1 aliphatic heterocycles. The number of hydrogen-bond donors (Lipinski definition) is 1. The van der Waals surface area contributed by atoms with E-state index in [0.29, 0.717) is 11.4 Å². The van der Waals surface area contributed by atoms with Crippen molar-refractivity contribution in [3.05, 3.63) is 48.2 Å². The smallest absolute Gasteiger partial charge is 0.261 e. The largest absolute Gasteiger partial charge is 0.480 e. The molecule has 1 fully saturated rings. The van der Waals surface area contributed by atoms with Crippen molar-refractivity contribution in [3.63, 3.8) is 0 Å². The van der Waals surface area contributed by atoms with Crippen molar-refractivity contribution in [2.75, 3.05) is 50.1 Å². The molecule has 6 heteroatoms. The van der Waals surface area contributed by atoms with E-state index < -0.39 is 0 Å². The van der Waals surface area contributed by atoms with Crippen molar-refractivity contribution in [2.45, 2.75) is 6.92 Å². The van der Waals surface area contributed by atoms with E-state index in [1.54, 1.807) is 18.3 Å². The van der Waals surface area contributed by atoms with Gasteiger partial charge in [-0.15, -0.1) is 0 Å². The monoisotopic (exact) mass is 340 g/mol.